The second-order valence-electron chi connectivity index (χ2n) is 9.07. The molecule has 0 saturated carbocycles. The van der Waals surface area contributed by atoms with E-state index in [4.69, 9.17) is 4.74 Å². The van der Waals surface area contributed by atoms with Gasteiger partial charge in [0.1, 0.15) is 5.60 Å². The summed E-state index contributed by atoms with van der Waals surface area (Å²) in [5, 5.41) is 0. The molecule has 0 aliphatic carbocycles. The van der Waals surface area contributed by atoms with E-state index in [0.29, 0.717) is 0 Å². The van der Waals surface area contributed by atoms with Gasteiger partial charge in [0.25, 0.3) is 0 Å². The van der Waals surface area contributed by atoms with Crippen LogP contribution < -0.4 is 0 Å². The molecule has 0 aromatic heterocycles. The zero-order valence-corrected chi connectivity index (χ0v) is 22.4. The molecule has 4 rings (SSSR count). The van der Waals surface area contributed by atoms with Crippen LogP contribution in [0, 0.1) is 6.92 Å². The van der Waals surface area contributed by atoms with Gasteiger partial charge in [-0.05, 0) is 35.7 Å². The lowest BCUT2D eigenvalue weighted by Gasteiger charge is -2.38. The zero-order valence-electron chi connectivity index (χ0n) is 21.6. The molecule has 4 nitrogen and oxygen atoms in total. The molecular weight excluding hydrogens is 490 g/mol. The largest absolute Gasteiger partial charge is 0.359 e. The summed E-state index contributed by atoms with van der Waals surface area (Å²) in [5.74, 6) is 0. The molecule has 0 amide bonds. The maximum absolute atomic E-state index is 13.7. The molecule has 4 aromatic carbocycles. The van der Waals surface area contributed by atoms with E-state index in [1.807, 2.05) is 97.9 Å². The van der Waals surface area contributed by atoms with Crippen LogP contribution in [0.3, 0.4) is 0 Å². The molecule has 194 valence electrons. The summed E-state index contributed by atoms with van der Waals surface area (Å²) in [6.45, 7) is 9.90. The Morgan fingerprint density at radius 2 is 1.21 bits per heavy atom. The monoisotopic (exact) mass is 523 g/mol. The van der Waals surface area contributed by atoms with Gasteiger partial charge < -0.3 is 4.74 Å². The highest BCUT2D eigenvalue weighted by Crippen LogP contribution is 2.40. The summed E-state index contributed by atoms with van der Waals surface area (Å²) in [7, 11) is -3.84. The summed E-state index contributed by atoms with van der Waals surface area (Å²) < 4.78 is 35.8. The minimum Gasteiger partial charge on any atom is -0.359 e. The first-order valence-corrected chi connectivity index (χ1v) is 14.0. The van der Waals surface area contributed by atoms with Crippen molar-refractivity contribution in [2.45, 2.75) is 23.5 Å². The first-order chi connectivity index (χ1) is 18.4. The molecule has 0 aliphatic heterocycles. The lowest BCUT2D eigenvalue weighted by atomic mass is 9.80. The standard InChI is InChI=1S/C33H33NO3S/c1-4-25-34(38(35,36)32-23-21-27(3)22-24-32)31(5-2)26-37-33(28-15-9-6-10-16-28,29-17-11-7-12-18-29)30-19-13-8-14-20-30/h4-24,31H,1-2,25-26H2,3H3. The smallest absolute Gasteiger partial charge is 0.243 e. The van der Waals surface area contributed by atoms with Gasteiger partial charge in [-0.25, -0.2) is 8.42 Å². The summed E-state index contributed by atoms with van der Waals surface area (Å²) >= 11 is 0. The lowest BCUT2D eigenvalue weighted by molar-refractivity contribution is -0.00211. The van der Waals surface area contributed by atoms with Crippen molar-refractivity contribution >= 4 is 10.0 Å². The van der Waals surface area contributed by atoms with Gasteiger partial charge in [0.2, 0.25) is 10.0 Å². The van der Waals surface area contributed by atoms with Crippen LogP contribution in [0.15, 0.2) is 145 Å². The fraction of sp³-hybridized carbons (Fsp3) is 0.152. The Bertz CT molecular complexity index is 1340. The third-order valence-electron chi connectivity index (χ3n) is 6.59. The topological polar surface area (TPSA) is 46.6 Å². The average Bonchev–Trinajstić information content (AvgIpc) is 2.96. The summed E-state index contributed by atoms with van der Waals surface area (Å²) in [6, 6.07) is 36.2. The number of aryl methyl sites for hydroxylation is 1. The predicted molar refractivity (Wildman–Crippen MR) is 154 cm³/mol. The van der Waals surface area contributed by atoms with Gasteiger partial charge in [0, 0.05) is 6.54 Å². The van der Waals surface area contributed by atoms with E-state index < -0.39 is 21.7 Å². The highest BCUT2D eigenvalue weighted by molar-refractivity contribution is 7.89. The average molecular weight is 524 g/mol. The third kappa shape index (κ3) is 5.55. The van der Waals surface area contributed by atoms with Crippen molar-refractivity contribution in [3.05, 3.63) is 163 Å². The molecule has 0 N–H and O–H groups in total. The van der Waals surface area contributed by atoms with Crippen LogP contribution in [-0.4, -0.2) is 31.9 Å². The van der Waals surface area contributed by atoms with Crippen LogP contribution in [0.25, 0.3) is 0 Å². The van der Waals surface area contributed by atoms with E-state index in [1.54, 1.807) is 36.4 Å². The SMILES string of the molecule is C=CCN(C(C=C)COC(c1ccccc1)(c1ccccc1)c1ccccc1)S(=O)(=O)c1ccc(C)cc1. The molecule has 0 bridgehead atoms. The van der Waals surface area contributed by atoms with Crippen LogP contribution >= 0.6 is 0 Å². The van der Waals surface area contributed by atoms with E-state index in [9.17, 15) is 8.42 Å². The lowest BCUT2D eigenvalue weighted by Crippen LogP contribution is -2.44. The van der Waals surface area contributed by atoms with Crippen molar-refractivity contribution in [2.75, 3.05) is 13.2 Å². The summed E-state index contributed by atoms with van der Waals surface area (Å²) in [6.07, 6.45) is 3.21. The number of benzene rings is 4. The maximum Gasteiger partial charge on any atom is 0.243 e. The fourth-order valence-electron chi connectivity index (χ4n) is 4.63. The molecule has 0 spiro atoms. The molecule has 1 atom stereocenters. The van der Waals surface area contributed by atoms with Gasteiger partial charge in [-0.2, -0.15) is 4.31 Å². The first kappa shape index (κ1) is 27.3. The van der Waals surface area contributed by atoms with Crippen molar-refractivity contribution in [3.8, 4) is 0 Å². The maximum atomic E-state index is 13.7. The first-order valence-electron chi connectivity index (χ1n) is 12.6. The minimum absolute atomic E-state index is 0.0705. The summed E-state index contributed by atoms with van der Waals surface area (Å²) in [4.78, 5) is 0.220. The Morgan fingerprint density at radius 3 is 1.61 bits per heavy atom. The van der Waals surface area contributed by atoms with Crippen LogP contribution in [0.1, 0.15) is 22.3 Å². The highest BCUT2D eigenvalue weighted by atomic mass is 32.2. The highest BCUT2D eigenvalue weighted by Gasteiger charge is 2.39. The van der Waals surface area contributed by atoms with E-state index >= 15 is 0 Å². The molecule has 0 radical (unpaired) electrons. The van der Waals surface area contributed by atoms with Gasteiger partial charge in [0.15, 0.2) is 0 Å². The number of hydrogen-bond acceptors (Lipinski definition) is 3. The molecular formula is C33H33NO3S. The van der Waals surface area contributed by atoms with Crippen LogP contribution in [-0.2, 0) is 20.4 Å². The van der Waals surface area contributed by atoms with Crippen LogP contribution in [0.4, 0.5) is 0 Å². The number of ether oxygens (including phenoxy) is 1. The molecule has 5 heteroatoms. The van der Waals surface area contributed by atoms with Gasteiger partial charge in [-0.15, -0.1) is 13.2 Å². The van der Waals surface area contributed by atoms with Crippen molar-refractivity contribution in [3.63, 3.8) is 0 Å². The summed E-state index contributed by atoms with van der Waals surface area (Å²) in [5.41, 5.74) is 2.84. The normalized spacial score (nSPS) is 12.7. The molecule has 1 unspecified atom stereocenters. The van der Waals surface area contributed by atoms with Crippen molar-refractivity contribution in [1.29, 1.82) is 0 Å². The van der Waals surface area contributed by atoms with E-state index in [1.165, 1.54) is 4.31 Å². The van der Waals surface area contributed by atoms with Crippen molar-refractivity contribution in [1.82, 2.24) is 4.31 Å². The Labute approximate surface area is 226 Å². The van der Waals surface area contributed by atoms with E-state index in [2.05, 4.69) is 13.2 Å². The molecule has 0 aliphatic rings. The number of hydrogen-bond donors (Lipinski definition) is 0. The van der Waals surface area contributed by atoms with Gasteiger partial charge in [-0.3, -0.25) is 0 Å². The number of nitrogens with zero attached hydrogens (tertiary/aromatic N) is 1. The quantitative estimate of drug-likeness (QED) is 0.153. The zero-order chi connectivity index (χ0) is 27.0. The second kappa shape index (κ2) is 12.2. The Balaban J connectivity index is 1.80. The third-order valence-corrected chi connectivity index (χ3v) is 8.50. The molecule has 0 heterocycles. The Morgan fingerprint density at radius 1 is 0.763 bits per heavy atom. The van der Waals surface area contributed by atoms with Gasteiger partial charge >= 0.3 is 0 Å². The van der Waals surface area contributed by atoms with Gasteiger partial charge in [0.05, 0.1) is 17.5 Å². The fourth-order valence-corrected chi connectivity index (χ4v) is 6.19. The molecule has 38 heavy (non-hydrogen) atoms. The molecule has 0 fully saturated rings. The second-order valence-corrected chi connectivity index (χ2v) is 11.0. The Kier molecular flexibility index (Phi) is 8.74. The number of sulfonamides is 1. The minimum atomic E-state index is -3.84. The Hall–Kier alpha value is -3.77. The van der Waals surface area contributed by atoms with Crippen LogP contribution in [0.2, 0.25) is 0 Å². The van der Waals surface area contributed by atoms with E-state index in [-0.39, 0.29) is 18.0 Å². The van der Waals surface area contributed by atoms with E-state index in [0.717, 1.165) is 22.3 Å². The molecule has 0 saturated heterocycles. The predicted octanol–water partition coefficient (Wildman–Crippen LogP) is 6.74. The molecule has 4 aromatic rings. The van der Waals surface area contributed by atoms with Crippen LogP contribution in [0.5, 0.6) is 0 Å². The number of rotatable bonds is 12. The van der Waals surface area contributed by atoms with Crippen molar-refractivity contribution < 1.29 is 13.2 Å². The van der Waals surface area contributed by atoms with Gasteiger partial charge in [-0.1, -0.05) is 121 Å². The van der Waals surface area contributed by atoms with Crippen molar-refractivity contribution in [2.24, 2.45) is 0 Å².